The summed E-state index contributed by atoms with van der Waals surface area (Å²) in [6, 6.07) is 26.7. The third-order valence-electron chi connectivity index (χ3n) is 8.00. The van der Waals surface area contributed by atoms with Gasteiger partial charge in [0.25, 0.3) is 5.91 Å². The fourth-order valence-electron chi connectivity index (χ4n) is 5.80. The summed E-state index contributed by atoms with van der Waals surface area (Å²) >= 11 is 0. The number of benzene rings is 3. The lowest BCUT2D eigenvalue weighted by molar-refractivity contribution is -0.148. The number of ether oxygens (including phenoxy) is 1. The first-order valence-corrected chi connectivity index (χ1v) is 14.7. The summed E-state index contributed by atoms with van der Waals surface area (Å²) in [6.45, 7) is 10.9. The molecule has 5 heteroatoms. The number of nitrogens with zero attached hydrogens (tertiary/aromatic N) is 1. The lowest BCUT2D eigenvalue weighted by atomic mass is 9.76. The van der Waals surface area contributed by atoms with E-state index in [2.05, 4.69) is 54.4 Å². The molecule has 0 radical (unpaired) electrons. The Hall–Kier alpha value is -3.44. The van der Waals surface area contributed by atoms with E-state index in [9.17, 15) is 9.59 Å². The number of carbonyl (C=O) groups is 2. The zero-order valence-corrected chi connectivity index (χ0v) is 24.5. The molecule has 1 amide bonds. The third kappa shape index (κ3) is 8.04. The summed E-state index contributed by atoms with van der Waals surface area (Å²) in [4.78, 5) is 28.4. The van der Waals surface area contributed by atoms with Crippen LogP contribution < -0.4 is 5.32 Å². The Bertz CT molecular complexity index is 1260. The minimum absolute atomic E-state index is 0.00228. The van der Waals surface area contributed by atoms with Crippen LogP contribution in [0, 0.1) is 6.92 Å². The first-order chi connectivity index (χ1) is 19.2. The highest BCUT2D eigenvalue weighted by Crippen LogP contribution is 2.33. The fraction of sp³-hybridized carbons (Fsp3) is 0.429. The second-order valence-corrected chi connectivity index (χ2v) is 11.8. The minimum atomic E-state index is -0.260. The van der Waals surface area contributed by atoms with Crippen molar-refractivity contribution < 1.29 is 14.3 Å². The molecule has 1 heterocycles. The Kier molecular flexibility index (Phi) is 10.2. The van der Waals surface area contributed by atoms with Gasteiger partial charge < -0.3 is 15.0 Å². The largest absolute Gasteiger partial charge is 0.463 e. The van der Waals surface area contributed by atoms with E-state index in [1.54, 1.807) is 0 Å². The van der Waals surface area contributed by atoms with E-state index in [0.29, 0.717) is 6.42 Å². The molecule has 3 aromatic carbocycles. The topological polar surface area (TPSA) is 58.6 Å². The molecule has 1 aliphatic heterocycles. The lowest BCUT2D eigenvalue weighted by Gasteiger charge is -2.34. The first kappa shape index (κ1) is 29.5. The van der Waals surface area contributed by atoms with Gasteiger partial charge in [0.05, 0.1) is 12.5 Å². The molecule has 0 spiro atoms. The summed E-state index contributed by atoms with van der Waals surface area (Å²) < 4.78 is 5.49. The number of rotatable bonds is 11. The molecule has 0 aromatic heterocycles. The monoisotopic (exact) mass is 540 g/mol. The molecular formula is C35H44N2O3. The molecule has 0 bridgehead atoms. The van der Waals surface area contributed by atoms with Gasteiger partial charge in [0.15, 0.2) is 0 Å². The standard InChI is InChI=1S/C35H44N2O3/c1-26(2)40-33(38)25-35(4,29-14-6-5-7-15-29)20-11-21-37-22-18-30(19-23-37)36-34(39)32-17-9-8-16-31(32)28-13-10-12-27(3)24-28/h5-10,12-17,24,26,30H,11,18-23,25H2,1-4H3,(H,36,39). The molecule has 5 nitrogen and oxygen atoms in total. The molecule has 212 valence electrons. The smallest absolute Gasteiger partial charge is 0.306 e. The molecule has 1 atom stereocenters. The van der Waals surface area contributed by atoms with Gasteiger partial charge in [-0.2, -0.15) is 0 Å². The maximum absolute atomic E-state index is 13.3. The molecule has 1 N–H and O–H groups in total. The highest BCUT2D eigenvalue weighted by Gasteiger charge is 2.31. The highest BCUT2D eigenvalue weighted by molar-refractivity contribution is 6.01. The first-order valence-electron chi connectivity index (χ1n) is 14.7. The summed E-state index contributed by atoms with van der Waals surface area (Å²) in [5.74, 6) is -0.135. The average Bonchev–Trinajstić information content (AvgIpc) is 2.94. The van der Waals surface area contributed by atoms with Crippen molar-refractivity contribution in [3.63, 3.8) is 0 Å². The fourth-order valence-corrected chi connectivity index (χ4v) is 5.80. The van der Waals surface area contributed by atoms with E-state index in [-0.39, 0.29) is 29.4 Å². The van der Waals surface area contributed by atoms with Crippen molar-refractivity contribution in [2.45, 2.75) is 77.4 Å². The zero-order valence-electron chi connectivity index (χ0n) is 24.5. The van der Waals surface area contributed by atoms with Crippen LogP contribution in [0.5, 0.6) is 0 Å². The molecule has 1 aliphatic rings. The second kappa shape index (κ2) is 13.8. The molecule has 1 fully saturated rings. The number of esters is 1. The van der Waals surface area contributed by atoms with Crippen molar-refractivity contribution in [2.24, 2.45) is 0 Å². The van der Waals surface area contributed by atoms with Crippen molar-refractivity contribution in [3.8, 4) is 11.1 Å². The van der Waals surface area contributed by atoms with Crippen molar-refractivity contribution in [1.29, 1.82) is 0 Å². The van der Waals surface area contributed by atoms with Gasteiger partial charge in [-0.25, -0.2) is 0 Å². The van der Waals surface area contributed by atoms with Crippen molar-refractivity contribution in [3.05, 3.63) is 95.6 Å². The van der Waals surface area contributed by atoms with Crippen LogP contribution in [0.4, 0.5) is 0 Å². The van der Waals surface area contributed by atoms with Gasteiger partial charge in [-0.3, -0.25) is 9.59 Å². The summed E-state index contributed by atoms with van der Waals surface area (Å²) in [5.41, 5.74) is 4.87. The summed E-state index contributed by atoms with van der Waals surface area (Å²) in [6.07, 6.45) is 4.07. The number of carbonyl (C=O) groups excluding carboxylic acids is 2. The second-order valence-electron chi connectivity index (χ2n) is 11.8. The quantitative estimate of drug-likeness (QED) is 0.268. The number of hydrogen-bond acceptors (Lipinski definition) is 4. The normalized spacial score (nSPS) is 15.9. The Morgan fingerprint density at radius 1 is 0.975 bits per heavy atom. The lowest BCUT2D eigenvalue weighted by Crippen LogP contribution is -2.45. The number of piperidine rings is 1. The molecule has 1 saturated heterocycles. The molecule has 1 unspecified atom stereocenters. The average molecular weight is 541 g/mol. The van der Waals surface area contributed by atoms with Crippen LogP contribution in [0.15, 0.2) is 78.9 Å². The van der Waals surface area contributed by atoms with E-state index in [1.807, 2.05) is 62.4 Å². The van der Waals surface area contributed by atoms with Crippen LogP contribution in [-0.4, -0.2) is 48.6 Å². The van der Waals surface area contributed by atoms with Gasteiger partial charge in [-0.1, -0.05) is 85.3 Å². The highest BCUT2D eigenvalue weighted by atomic mass is 16.5. The van der Waals surface area contributed by atoms with Crippen LogP contribution in [0.25, 0.3) is 11.1 Å². The predicted octanol–water partition coefficient (Wildman–Crippen LogP) is 6.94. The Balaban J connectivity index is 1.29. The summed E-state index contributed by atoms with van der Waals surface area (Å²) in [7, 11) is 0. The van der Waals surface area contributed by atoms with Gasteiger partial charge in [-0.05, 0) is 75.8 Å². The molecule has 0 aliphatic carbocycles. The van der Waals surface area contributed by atoms with Crippen molar-refractivity contribution in [1.82, 2.24) is 10.2 Å². The van der Waals surface area contributed by atoms with Crippen LogP contribution in [-0.2, 0) is 14.9 Å². The number of hydrogen-bond donors (Lipinski definition) is 1. The number of aryl methyl sites for hydroxylation is 1. The van der Waals surface area contributed by atoms with E-state index in [1.165, 1.54) is 11.1 Å². The van der Waals surface area contributed by atoms with Crippen LogP contribution >= 0.6 is 0 Å². The van der Waals surface area contributed by atoms with Gasteiger partial charge in [0.2, 0.25) is 0 Å². The Morgan fingerprint density at radius 3 is 2.38 bits per heavy atom. The maximum Gasteiger partial charge on any atom is 0.306 e. The maximum atomic E-state index is 13.3. The molecule has 3 aromatic rings. The number of likely N-dealkylation sites (tertiary alicyclic amines) is 1. The number of amides is 1. The van der Waals surface area contributed by atoms with Crippen LogP contribution in [0.3, 0.4) is 0 Å². The van der Waals surface area contributed by atoms with Gasteiger partial charge in [-0.15, -0.1) is 0 Å². The Labute approximate surface area is 239 Å². The third-order valence-corrected chi connectivity index (χ3v) is 8.00. The molecule has 40 heavy (non-hydrogen) atoms. The van der Waals surface area contributed by atoms with Gasteiger partial charge in [0.1, 0.15) is 0 Å². The van der Waals surface area contributed by atoms with Crippen molar-refractivity contribution in [2.75, 3.05) is 19.6 Å². The molecule has 0 saturated carbocycles. The molecular weight excluding hydrogens is 496 g/mol. The predicted molar refractivity (Wildman–Crippen MR) is 162 cm³/mol. The summed E-state index contributed by atoms with van der Waals surface area (Å²) in [5, 5.41) is 3.30. The van der Waals surface area contributed by atoms with Crippen LogP contribution in [0.1, 0.15) is 74.4 Å². The van der Waals surface area contributed by atoms with E-state index >= 15 is 0 Å². The van der Waals surface area contributed by atoms with E-state index in [4.69, 9.17) is 4.74 Å². The van der Waals surface area contributed by atoms with Gasteiger partial charge in [0, 0.05) is 30.1 Å². The minimum Gasteiger partial charge on any atom is -0.463 e. The number of nitrogens with one attached hydrogen (secondary N) is 1. The Morgan fingerprint density at radius 2 is 1.68 bits per heavy atom. The zero-order chi connectivity index (χ0) is 28.5. The van der Waals surface area contributed by atoms with Crippen LogP contribution in [0.2, 0.25) is 0 Å². The van der Waals surface area contributed by atoms with E-state index in [0.717, 1.165) is 62.0 Å². The van der Waals surface area contributed by atoms with E-state index < -0.39 is 0 Å². The van der Waals surface area contributed by atoms with Gasteiger partial charge >= 0.3 is 5.97 Å². The SMILES string of the molecule is Cc1cccc(-c2ccccc2C(=O)NC2CCN(CCCC(C)(CC(=O)OC(C)C)c3ccccc3)CC2)c1. The molecule has 4 rings (SSSR count). The van der Waals surface area contributed by atoms with Crippen molar-refractivity contribution >= 4 is 11.9 Å².